The number of carboxylic acids is 1. The molecule has 2 atom stereocenters. The van der Waals surface area contributed by atoms with Crippen LogP contribution in [0.4, 0.5) is 14.9 Å². The molecule has 0 aromatic heterocycles. The Bertz CT molecular complexity index is 913. The summed E-state index contributed by atoms with van der Waals surface area (Å²) in [6.07, 6.45) is 0.737. The van der Waals surface area contributed by atoms with Gasteiger partial charge in [-0.3, -0.25) is 5.32 Å². The third-order valence-electron chi connectivity index (χ3n) is 4.43. The van der Waals surface area contributed by atoms with Gasteiger partial charge in [0, 0.05) is 18.4 Å². The zero-order chi connectivity index (χ0) is 22.8. The van der Waals surface area contributed by atoms with Crippen molar-refractivity contribution in [2.24, 2.45) is 0 Å². The number of carboxylic acid groups (broad SMARTS) is 1. The lowest BCUT2D eigenvalue weighted by molar-refractivity contribution is -0.131. The number of benzene rings is 2. The van der Waals surface area contributed by atoms with E-state index in [4.69, 9.17) is 14.6 Å². The van der Waals surface area contributed by atoms with Crippen molar-refractivity contribution < 1.29 is 33.7 Å². The van der Waals surface area contributed by atoms with Gasteiger partial charge in [-0.15, -0.1) is 0 Å². The predicted molar refractivity (Wildman–Crippen MR) is 114 cm³/mol. The van der Waals surface area contributed by atoms with E-state index in [-0.39, 0.29) is 0 Å². The van der Waals surface area contributed by atoms with Crippen molar-refractivity contribution in [1.82, 2.24) is 0 Å². The van der Waals surface area contributed by atoms with E-state index >= 15 is 0 Å². The largest absolute Gasteiger partial charge is 0.505 e. The van der Waals surface area contributed by atoms with Gasteiger partial charge >= 0.3 is 12.1 Å². The number of halogens is 1. The number of hydrogen-bond donors (Lipinski definition) is 3. The van der Waals surface area contributed by atoms with Crippen LogP contribution < -0.4 is 5.32 Å². The van der Waals surface area contributed by atoms with Crippen molar-refractivity contribution in [2.75, 3.05) is 11.9 Å². The van der Waals surface area contributed by atoms with Crippen molar-refractivity contribution in [3.05, 3.63) is 71.6 Å². The number of rotatable bonds is 10. The van der Waals surface area contributed by atoms with Crippen LogP contribution in [0, 0.1) is 12.7 Å². The summed E-state index contributed by atoms with van der Waals surface area (Å²) in [6, 6.07) is 10.8. The maximum absolute atomic E-state index is 14.0. The molecule has 2 rings (SSSR count). The topological polar surface area (TPSA) is 105 Å². The second kappa shape index (κ2) is 11.7. The fraction of sp³-hybridized carbons (Fsp3) is 0.304. The van der Waals surface area contributed by atoms with Crippen LogP contribution in [0.1, 0.15) is 37.0 Å². The van der Waals surface area contributed by atoms with Crippen molar-refractivity contribution in [3.63, 3.8) is 0 Å². The van der Waals surface area contributed by atoms with Crippen LogP contribution in [0.2, 0.25) is 0 Å². The van der Waals surface area contributed by atoms with Gasteiger partial charge < -0.3 is 19.7 Å². The highest BCUT2D eigenvalue weighted by molar-refractivity contribution is 5.84. The Morgan fingerprint density at radius 1 is 1.19 bits per heavy atom. The van der Waals surface area contributed by atoms with E-state index in [9.17, 15) is 19.1 Å². The molecule has 2 aromatic carbocycles. The molecule has 0 unspecified atom stereocenters. The molecule has 3 N–H and O–H groups in total. The van der Waals surface area contributed by atoms with Crippen molar-refractivity contribution in [1.29, 1.82) is 0 Å². The number of carbonyl (C=O) groups is 2. The van der Waals surface area contributed by atoms with Gasteiger partial charge in [0.1, 0.15) is 0 Å². The number of allylic oxidation sites excluding steroid dienone is 1. The Hall–Kier alpha value is -3.39. The lowest BCUT2D eigenvalue weighted by atomic mass is 9.99. The molecule has 7 nitrogen and oxygen atoms in total. The van der Waals surface area contributed by atoms with Gasteiger partial charge in [0.2, 0.25) is 0 Å². The van der Waals surface area contributed by atoms with Gasteiger partial charge in [-0.05, 0) is 56.5 Å². The second-order valence-electron chi connectivity index (χ2n) is 6.84. The van der Waals surface area contributed by atoms with E-state index in [1.807, 2.05) is 19.1 Å². The molecule has 0 spiro atoms. The summed E-state index contributed by atoms with van der Waals surface area (Å²) < 4.78 is 25.3. The highest BCUT2D eigenvalue weighted by Crippen LogP contribution is 2.30. The number of nitrogens with one attached hydrogen (secondary N) is 1. The predicted octanol–water partition coefficient (Wildman–Crippen LogP) is 4.96. The van der Waals surface area contributed by atoms with Crippen molar-refractivity contribution >= 4 is 17.7 Å². The molecule has 0 aliphatic rings. The van der Waals surface area contributed by atoms with E-state index in [2.05, 4.69) is 5.32 Å². The minimum atomic E-state index is -1.07. The zero-order valence-corrected chi connectivity index (χ0v) is 17.4. The molecule has 166 valence electrons. The molecule has 0 saturated heterocycles. The highest BCUT2D eigenvalue weighted by atomic mass is 19.1. The summed E-state index contributed by atoms with van der Waals surface area (Å²) >= 11 is 0. The Morgan fingerprint density at radius 2 is 1.90 bits per heavy atom. The van der Waals surface area contributed by atoms with E-state index in [1.54, 1.807) is 19.1 Å². The molecular weight excluding hydrogens is 405 g/mol. The fourth-order valence-electron chi connectivity index (χ4n) is 2.94. The molecule has 0 bridgehead atoms. The molecule has 8 heteroatoms. The van der Waals surface area contributed by atoms with Gasteiger partial charge in [-0.25, -0.2) is 14.0 Å². The molecule has 0 radical (unpaired) electrons. The molecular formula is C23H26FNO6. The average Bonchev–Trinajstić information content (AvgIpc) is 2.72. The van der Waals surface area contributed by atoms with Gasteiger partial charge in [-0.1, -0.05) is 29.8 Å². The summed E-state index contributed by atoms with van der Waals surface area (Å²) in [5.41, 5.74) is 1.86. The van der Waals surface area contributed by atoms with Crippen LogP contribution in [0.15, 0.2) is 54.6 Å². The minimum absolute atomic E-state index is 0.299. The van der Waals surface area contributed by atoms with E-state index in [1.165, 1.54) is 18.2 Å². The summed E-state index contributed by atoms with van der Waals surface area (Å²) in [6.45, 7) is 3.98. The fourth-order valence-corrected chi connectivity index (χ4v) is 2.94. The number of aliphatic carboxylic acids is 1. The maximum Gasteiger partial charge on any atom is 0.412 e. The third kappa shape index (κ3) is 7.75. The van der Waals surface area contributed by atoms with Crippen LogP contribution in [-0.2, 0) is 14.3 Å². The van der Waals surface area contributed by atoms with Crippen LogP contribution in [0.5, 0.6) is 5.75 Å². The van der Waals surface area contributed by atoms with Gasteiger partial charge in [0.05, 0.1) is 6.10 Å². The van der Waals surface area contributed by atoms with E-state index < -0.39 is 35.8 Å². The first kappa shape index (κ1) is 23.9. The standard InChI is InChI=1S/C23H26FNO6/c1-3-30-20(6-4-5-7-21(27)28)22(16-10-13-19(26)18(24)14-16)31-23(29)25-17-11-8-15(2)9-12-17/h5,7-14,20,22,26H,3-4,6H2,1-2H3,(H,25,29)(H,27,28)/b7-5+/t20-,22-/m1/s1. The van der Waals surface area contributed by atoms with E-state index in [0.29, 0.717) is 30.7 Å². The normalized spacial score (nSPS) is 13.0. The average molecular weight is 431 g/mol. The summed E-state index contributed by atoms with van der Waals surface area (Å²) in [5, 5.41) is 20.9. The Labute approximate surface area is 180 Å². The Balaban J connectivity index is 2.24. The first-order valence-electron chi connectivity index (χ1n) is 9.84. The Morgan fingerprint density at radius 3 is 2.52 bits per heavy atom. The van der Waals surface area contributed by atoms with Crippen molar-refractivity contribution in [2.45, 2.75) is 38.9 Å². The molecule has 31 heavy (non-hydrogen) atoms. The first-order chi connectivity index (χ1) is 14.8. The number of aryl methyl sites for hydroxylation is 1. The van der Waals surface area contributed by atoms with Crippen molar-refractivity contribution in [3.8, 4) is 5.75 Å². The molecule has 0 heterocycles. The molecule has 2 aromatic rings. The van der Waals surface area contributed by atoms with Gasteiger partial charge in [-0.2, -0.15) is 0 Å². The molecule has 0 aliphatic heterocycles. The van der Waals surface area contributed by atoms with Crippen LogP contribution in [-0.4, -0.2) is 35.0 Å². The first-order valence-corrected chi connectivity index (χ1v) is 9.84. The minimum Gasteiger partial charge on any atom is -0.505 e. The highest BCUT2D eigenvalue weighted by Gasteiger charge is 2.28. The van der Waals surface area contributed by atoms with Gasteiger partial charge in [0.25, 0.3) is 0 Å². The van der Waals surface area contributed by atoms with E-state index in [0.717, 1.165) is 17.7 Å². The maximum atomic E-state index is 14.0. The van der Waals surface area contributed by atoms with Gasteiger partial charge in [0.15, 0.2) is 17.7 Å². The van der Waals surface area contributed by atoms with Crippen LogP contribution in [0.3, 0.4) is 0 Å². The number of hydrogen-bond acceptors (Lipinski definition) is 5. The molecule has 0 aliphatic carbocycles. The monoisotopic (exact) mass is 431 g/mol. The third-order valence-corrected chi connectivity index (χ3v) is 4.43. The smallest absolute Gasteiger partial charge is 0.412 e. The second-order valence-corrected chi connectivity index (χ2v) is 6.84. The van der Waals surface area contributed by atoms with Crippen LogP contribution in [0.25, 0.3) is 0 Å². The number of anilines is 1. The molecule has 0 saturated carbocycles. The summed E-state index contributed by atoms with van der Waals surface area (Å²) in [5.74, 6) is -2.45. The number of aromatic hydroxyl groups is 1. The van der Waals surface area contributed by atoms with Crippen LogP contribution >= 0.6 is 0 Å². The number of amides is 1. The lowest BCUT2D eigenvalue weighted by Gasteiger charge is -2.27. The Kier molecular flexibility index (Phi) is 9.02. The summed E-state index contributed by atoms with van der Waals surface area (Å²) in [4.78, 5) is 23.2. The zero-order valence-electron chi connectivity index (χ0n) is 17.4. The number of phenolic OH excluding ortho intramolecular Hbond substituents is 1. The summed E-state index contributed by atoms with van der Waals surface area (Å²) in [7, 11) is 0. The lowest BCUT2D eigenvalue weighted by Crippen LogP contribution is -2.29. The number of phenols is 1. The number of carbonyl (C=O) groups excluding carboxylic acids is 1. The molecule has 0 fully saturated rings. The SMILES string of the molecule is CCO[C@H](CC/C=C/C(=O)O)[C@H](OC(=O)Nc1ccc(C)cc1)c1ccc(O)c(F)c1. The number of ether oxygens (including phenoxy) is 2. The quantitative estimate of drug-likeness (QED) is 0.460. The molecule has 1 amide bonds.